The maximum atomic E-state index is 13.2. The molecule has 0 aliphatic heterocycles. The van der Waals surface area contributed by atoms with E-state index in [9.17, 15) is 22.8 Å². The second-order valence-corrected chi connectivity index (χ2v) is 4.23. The summed E-state index contributed by atoms with van der Waals surface area (Å²) in [6, 6.07) is 0. The van der Waals surface area contributed by atoms with Gasteiger partial charge < -0.3 is 20.7 Å². The maximum Gasteiger partial charge on any atom is 0.310 e. The third kappa shape index (κ3) is 5.76. The van der Waals surface area contributed by atoms with Gasteiger partial charge in [0.1, 0.15) is 6.42 Å². The normalized spacial score (nSPS) is 16.2. The van der Waals surface area contributed by atoms with E-state index in [-0.39, 0.29) is 0 Å². The SMILES string of the molecule is O=C(O)CC(=O)C(CC(F)=NO)(CC(F)=NO)CC(F)=NO. The molecule has 124 valence electrons. The van der Waals surface area contributed by atoms with Gasteiger partial charge in [0.15, 0.2) is 5.78 Å². The fourth-order valence-corrected chi connectivity index (χ4v) is 1.75. The predicted octanol–water partition coefficient (Wildman–Crippen LogP) is 1.46. The minimum absolute atomic E-state index is 1.21. The van der Waals surface area contributed by atoms with Gasteiger partial charge >= 0.3 is 5.97 Å². The number of aliphatic carboxylic acids is 1. The summed E-state index contributed by atoms with van der Waals surface area (Å²) in [4.78, 5) is 22.5. The van der Waals surface area contributed by atoms with Gasteiger partial charge in [-0.25, -0.2) is 0 Å². The van der Waals surface area contributed by atoms with Gasteiger partial charge in [0.2, 0.25) is 17.9 Å². The highest BCUT2D eigenvalue weighted by Gasteiger charge is 2.44. The number of carbonyl (C=O) groups is 2. The van der Waals surface area contributed by atoms with Crippen LogP contribution in [-0.2, 0) is 9.59 Å². The van der Waals surface area contributed by atoms with Crippen molar-refractivity contribution >= 4 is 29.6 Å². The number of carboxylic acid groups (broad SMARTS) is 1. The molecule has 0 aromatic carbocycles. The van der Waals surface area contributed by atoms with Gasteiger partial charge in [0.05, 0.1) is 5.41 Å². The van der Waals surface area contributed by atoms with Crippen LogP contribution in [0.4, 0.5) is 13.2 Å². The Bertz CT molecular complexity index is 470. The van der Waals surface area contributed by atoms with Gasteiger partial charge in [-0.2, -0.15) is 13.2 Å². The van der Waals surface area contributed by atoms with Crippen molar-refractivity contribution in [3.8, 4) is 0 Å². The quantitative estimate of drug-likeness (QED) is 0.218. The molecule has 0 saturated carbocycles. The predicted molar refractivity (Wildman–Crippen MR) is 64.5 cm³/mol. The average Bonchev–Trinajstić information content (AvgIpc) is 2.45. The highest BCUT2D eigenvalue weighted by Crippen LogP contribution is 2.36. The molecule has 0 aromatic heterocycles. The van der Waals surface area contributed by atoms with Crippen LogP contribution in [0.15, 0.2) is 15.5 Å². The second kappa shape index (κ2) is 8.59. The Morgan fingerprint density at radius 3 is 1.36 bits per heavy atom. The number of hydrogen-bond donors (Lipinski definition) is 4. The van der Waals surface area contributed by atoms with Crippen molar-refractivity contribution in [2.24, 2.45) is 20.9 Å². The Hall–Kier alpha value is -2.66. The number of hydrogen-bond acceptors (Lipinski definition) is 8. The molecule has 0 saturated heterocycles. The molecular formula is C10H12F3N3O6. The van der Waals surface area contributed by atoms with Crippen LogP contribution >= 0.6 is 0 Å². The molecular weight excluding hydrogens is 315 g/mol. The first kappa shape index (κ1) is 19.3. The molecule has 0 atom stereocenters. The maximum absolute atomic E-state index is 13.2. The van der Waals surface area contributed by atoms with E-state index in [0.29, 0.717) is 0 Å². The third-order valence-electron chi connectivity index (χ3n) is 2.68. The lowest BCUT2D eigenvalue weighted by atomic mass is 9.73. The van der Waals surface area contributed by atoms with Gasteiger partial charge in [0, 0.05) is 19.3 Å². The molecule has 0 spiro atoms. The zero-order chi connectivity index (χ0) is 17.3. The summed E-state index contributed by atoms with van der Waals surface area (Å²) >= 11 is 0. The Morgan fingerprint density at radius 2 is 1.14 bits per heavy atom. The molecule has 0 radical (unpaired) electrons. The van der Waals surface area contributed by atoms with Crippen LogP contribution in [0.3, 0.4) is 0 Å². The number of oxime groups is 3. The van der Waals surface area contributed by atoms with E-state index in [1.165, 1.54) is 0 Å². The van der Waals surface area contributed by atoms with Crippen LogP contribution in [0, 0.1) is 5.41 Å². The van der Waals surface area contributed by atoms with Gasteiger partial charge in [-0.1, -0.05) is 15.5 Å². The Labute approximate surface area is 121 Å². The minimum atomic E-state index is -2.46. The van der Waals surface area contributed by atoms with Gasteiger partial charge in [-0.3, -0.25) is 9.59 Å². The molecule has 12 heteroatoms. The summed E-state index contributed by atoms with van der Waals surface area (Å²) in [5, 5.41) is 39.7. The van der Waals surface area contributed by atoms with Crippen molar-refractivity contribution in [3.63, 3.8) is 0 Å². The molecule has 22 heavy (non-hydrogen) atoms. The molecule has 0 unspecified atom stereocenters. The number of rotatable bonds is 9. The molecule has 0 rings (SSSR count). The molecule has 9 nitrogen and oxygen atoms in total. The summed E-state index contributed by atoms with van der Waals surface area (Å²) in [5.74, 6) is -7.91. The van der Waals surface area contributed by atoms with Crippen molar-refractivity contribution in [1.82, 2.24) is 0 Å². The van der Waals surface area contributed by atoms with Crippen molar-refractivity contribution in [1.29, 1.82) is 0 Å². The Kier molecular flexibility index (Phi) is 7.55. The van der Waals surface area contributed by atoms with E-state index in [2.05, 4.69) is 15.5 Å². The summed E-state index contributed by atoms with van der Waals surface area (Å²) in [6.07, 6.45) is -4.86. The summed E-state index contributed by atoms with van der Waals surface area (Å²) in [5.41, 5.74) is -2.46. The topological polar surface area (TPSA) is 152 Å². The van der Waals surface area contributed by atoms with E-state index in [1.54, 1.807) is 0 Å². The van der Waals surface area contributed by atoms with Crippen LogP contribution in [0.25, 0.3) is 0 Å². The second-order valence-electron chi connectivity index (χ2n) is 4.23. The van der Waals surface area contributed by atoms with Gasteiger partial charge in [0.25, 0.3) is 0 Å². The first-order valence-corrected chi connectivity index (χ1v) is 5.55. The van der Waals surface area contributed by atoms with Crippen LogP contribution < -0.4 is 0 Å². The number of halogens is 3. The highest BCUT2D eigenvalue weighted by molar-refractivity contribution is 6.03. The Morgan fingerprint density at radius 1 is 0.818 bits per heavy atom. The standard InChI is InChI=1S/C10H12F3N3O6/c11-6(14-20)2-10(3-7(12)15-21,4-8(13)16-22)5(17)1-9(18)19/h20-22H,1-4H2,(H,18,19). The monoisotopic (exact) mass is 327 g/mol. The molecule has 0 aliphatic carbocycles. The molecule has 0 aromatic rings. The number of carboxylic acids is 1. The lowest BCUT2D eigenvalue weighted by Gasteiger charge is -2.28. The fraction of sp³-hybridized carbons (Fsp3) is 0.500. The van der Waals surface area contributed by atoms with Crippen LogP contribution in [-0.4, -0.2) is 50.4 Å². The van der Waals surface area contributed by atoms with Crippen molar-refractivity contribution in [2.45, 2.75) is 25.7 Å². The van der Waals surface area contributed by atoms with Crippen LogP contribution in [0.1, 0.15) is 25.7 Å². The zero-order valence-electron chi connectivity index (χ0n) is 10.9. The summed E-state index contributed by atoms with van der Waals surface area (Å²) in [7, 11) is 0. The van der Waals surface area contributed by atoms with Gasteiger partial charge in [-0.15, -0.1) is 0 Å². The average molecular weight is 327 g/mol. The first-order valence-electron chi connectivity index (χ1n) is 5.55. The van der Waals surface area contributed by atoms with E-state index in [4.69, 9.17) is 20.7 Å². The number of carbonyl (C=O) groups excluding carboxylic acids is 1. The minimum Gasteiger partial charge on any atom is -0.481 e. The van der Waals surface area contributed by atoms with E-state index in [1.807, 2.05) is 0 Å². The molecule has 0 aliphatic rings. The largest absolute Gasteiger partial charge is 0.481 e. The van der Waals surface area contributed by atoms with Crippen molar-refractivity contribution in [3.05, 3.63) is 0 Å². The Balaban J connectivity index is 5.87. The number of Topliss-reactive ketones (excluding diaryl/α,β-unsaturated/α-hetero) is 1. The van der Waals surface area contributed by atoms with Crippen LogP contribution in [0.2, 0.25) is 0 Å². The summed E-state index contributed by atoms with van der Waals surface area (Å²) in [6.45, 7) is 0. The van der Waals surface area contributed by atoms with E-state index in [0.717, 1.165) is 0 Å². The van der Waals surface area contributed by atoms with E-state index >= 15 is 0 Å². The zero-order valence-corrected chi connectivity index (χ0v) is 10.9. The smallest absolute Gasteiger partial charge is 0.310 e. The van der Waals surface area contributed by atoms with Gasteiger partial charge in [-0.05, 0) is 0 Å². The number of nitrogens with zero attached hydrogens (tertiary/aromatic N) is 3. The van der Waals surface area contributed by atoms with Crippen molar-refractivity contribution < 1.29 is 43.5 Å². The van der Waals surface area contributed by atoms with Crippen LogP contribution in [0.5, 0.6) is 0 Å². The third-order valence-corrected chi connectivity index (χ3v) is 2.68. The highest BCUT2D eigenvalue weighted by atomic mass is 19.1. The molecule has 0 bridgehead atoms. The molecule has 0 heterocycles. The lowest BCUT2D eigenvalue weighted by molar-refractivity contribution is -0.143. The summed E-state index contributed by atoms with van der Waals surface area (Å²) < 4.78 is 39.6. The lowest BCUT2D eigenvalue weighted by Crippen LogP contribution is -2.38. The van der Waals surface area contributed by atoms with Crippen molar-refractivity contribution in [2.75, 3.05) is 0 Å². The van der Waals surface area contributed by atoms with E-state index < -0.39 is 60.7 Å². The molecule has 0 amide bonds. The molecule has 4 N–H and O–H groups in total. The number of ketones is 1. The first-order chi connectivity index (χ1) is 10.2. The molecule has 0 fully saturated rings. The fourth-order valence-electron chi connectivity index (χ4n) is 1.75.